The number of piperazine rings is 1. The second-order valence-electron chi connectivity index (χ2n) is 7.39. The first-order valence-corrected chi connectivity index (χ1v) is 11.2. The fourth-order valence-corrected chi connectivity index (χ4v) is 3.47. The van der Waals surface area contributed by atoms with E-state index in [1.807, 2.05) is 66.4 Å². The Bertz CT molecular complexity index is 812. The van der Waals surface area contributed by atoms with Crippen molar-refractivity contribution in [3.63, 3.8) is 0 Å². The van der Waals surface area contributed by atoms with Gasteiger partial charge in [0.05, 0.1) is 12.5 Å². The van der Waals surface area contributed by atoms with E-state index >= 15 is 0 Å². The van der Waals surface area contributed by atoms with Gasteiger partial charge in [0.25, 0.3) is 5.91 Å². The number of hydrogen-bond acceptors (Lipinski definition) is 5. The lowest BCUT2D eigenvalue weighted by atomic mass is 10.0. The monoisotopic (exact) mass is 461 g/mol. The lowest BCUT2D eigenvalue weighted by Crippen LogP contribution is -2.46. The quantitative estimate of drug-likeness (QED) is 0.414. The van der Waals surface area contributed by atoms with E-state index in [0.29, 0.717) is 11.6 Å². The first-order valence-electron chi connectivity index (χ1n) is 10.9. The molecule has 2 aromatic rings. The number of nitrogens with one attached hydrogen (secondary N) is 2. The summed E-state index contributed by atoms with van der Waals surface area (Å²) in [7, 11) is 0. The summed E-state index contributed by atoms with van der Waals surface area (Å²) in [4.78, 5) is 24.9. The molecule has 0 aliphatic carbocycles. The van der Waals surface area contributed by atoms with E-state index < -0.39 is 5.91 Å². The molecule has 8 heteroatoms. The summed E-state index contributed by atoms with van der Waals surface area (Å²) in [6, 6.07) is 17.0. The highest BCUT2D eigenvalue weighted by Gasteiger charge is 2.17. The fourth-order valence-electron chi connectivity index (χ4n) is 3.34. The number of aryl methyl sites for hydroxylation is 1. The summed E-state index contributed by atoms with van der Waals surface area (Å²) in [5, 5.41) is 12.4. The Morgan fingerprint density at radius 2 is 1.78 bits per heavy atom. The number of carbonyl (C=O) groups excluding carboxylic acids is 2. The molecule has 32 heavy (non-hydrogen) atoms. The maximum absolute atomic E-state index is 11.9. The molecule has 1 atom stereocenters. The van der Waals surface area contributed by atoms with E-state index in [2.05, 4.69) is 5.32 Å². The zero-order valence-electron chi connectivity index (χ0n) is 18.4. The Morgan fingerprint density at radius 1 is 1.12 bits per heavy atom. The van der Waals surface area contributed by atoms with Crippen molar-refractivity contribution >= 4 is 23.4 Å². The molecule has 1 fully saturated rings. The van der Waals surface area contributed by atoms with Crippen LogP contribution in [0.5, 0.6) is 0 Å². The van der Waals surface area contributed by atoms with Crippen LogP contribution in [-0.4, -0.2) is 60.8 Å². The minimum atomic E-state index is -0.426. The SMILES string of the molecule is CCOC(CCc1ccc(Cl)cc1)CC(=O)NO.O=C(c1ccccc1)N1CCNCC1. The third-order valence-corrected chi connectivity index (χ3v) is 5.29. The normalized spacial score (nSPS) is 14.2. The molecule has 1 saturated heterocycles. The summed E-state index contributed by atoms with van der Waals surface area (Å²) in [5.74, 6) is -0.281. The Morgan fingerprint density at radius 3 is 2.38 bits per heavy atom. The molecule has 0 bridgehead atoms. The van der Waals surface area contributed by atoms with Gasteiger partial charge in [0.1, 0.15) is 0 Å². The molecule has 3 N–H and O–H groups in total. The van der Waals surface area contributed by atoms with Gasteiger partial charge in [-0.15, -0.1) is 0 Å². The minimum Gasteiger partial charge on any atom is -0.378 e. The lowest BCUT2D eigenvalue weighted by molar-refractivity contribution is -0.132. The van der Waals surface area contributed by atoms with Crippen LogP contribution in [0.3, 0.4) is 0 Å². The average molecular weight is 462 g/mol. The van der Waals surface area contributed by atoms with Crippen LogP contribution in [0.15, 0.2) is 54.6 Å². The maximum atomic E-state index is 11.9. The molecule has 0 saturated carbocycles. The second-order valence-corrected chi connectivity index (χ2v) is 7.83. The number of halogens is 1. The van der Waals surface area contributed by atoms with Gasteiger partial charge in [-0.1, -0.05) is 41.9 Å². The number of hydrogen-bond donors (Lipinski definition) is 3. The average Bonchev–Trinajstić information content (AvgIpc) is 2.84. The van der Waals surface area contributed by atoms with Gasteiger partial charge in [0, 0.05) is 43.4 Å². The van der Waals surface area contributed by atoms with Crippen molar-refractivity contribution in [3.8, 4) is 0 Å². The van der Waals surface area contributed by atoms with E-state index in [-0.39, 0.29) is 18.4 Å². The number of benzene rings is 2. The Kier molecular flexibility index (Phi) is 11.8. The van der Waals surface area contributed by atoms with Crippen molar-refractivity contribution in [2.24, 2.45) is 0 Å². The van der Waals surface area contributed by atoms with E-state index in [9.17, 15) is 9.59 Å². The van der Waals surface area contributed by atoms with Gasteiger partial charge in [-0.3, -0.25) is 14.8 Å². The molecular weight excluding hydrogens is 430 g/mol. The van der Waals surface area contributed by atoms with Crippen molar-refractivity contribution in [1.29, 1.82) is 0 Å². The summed E-state index contributed by atoms with van der Waals surface area (Å²) in [5.41, 5.74) is 3.56. The summed E-state index contributed by atoms with van der Waals surface area (Å²) in [6.07, 6.45) is 1.51. The van der Waals surface area contributed by atoms with Crippen LogP contribution < -0.4 is 10.8 Å². The number of amides is 2. The summed E-state index contributed by atoms with van der Waals surface area (Å²) >= 11 is 5.81. The number of hydroxylamine groups is 1. The molecule has 1 aliphatic heterocycles. The third kappa shape index (κ3) is 9.36. The second kappa shape index (κ2) is 14.6. The van der Waals surface area contributed by atoms with Gasteiger partial charge in [0.15, 0.2) is 0 Å². The van der Waals surface area contributed by atoms with Crippen LogP contribution in [-0.2, 0) is 16.0 Å². The molecule has 0 spiro atoms. The standard InChI is InChI=1S/C13H18ClNO3.C11H14N2O/c1-2-18-12(9-13(16)15-17)8-5-10-3-6-11(14)7-4-10;14-11(10-4-2-1-3-5-10)13-8-6-12-7-9-13/h3-4,6-7,12,17H,2,5,8-9H2,1H3,(H,15,16);1-5,12H,6-9H2. The smallest absolute Gasteiger partial charge is 0.253 e. The largest absolute Gasteiger partial charge is 0.378 e. The highest BCUT2D eigenvalue weighted by Crippen LogP contribution is 2.14. The van der Waals surface area contributed by atoms with Gasteiger partial charge in [-0.05, 0) is 49.6 Å². The van der Waals surface area contributed by atoms with Crippen molar-refractivity contribution < 1.29 is 19.5 Å². The first-order chi connectivity index (χ1) is 15.5. The molecule has 0 aromatic heterocycles. The van der Waals surface area contributed by atoms with Gasteiger partial charge in [-0.25, -0.2) is 5.48 Å². The third-order valence-electron chi connectivity index (χ3n) is 5.03. The number of nitrogens with zero attached hydrogens (tertiary/aromatic N) is 1. The highest BCUT2D eigenvalue weighted by molar-refractivity contribution is 6.30. The minimum absolute atomic E-state index is 0.145. The zero-order chi connectivity index (χ0) is 23.2. The first kappa shape index (κ1) is 25.8. The van der Waals surface area contributed by atoms with Crippen LogP contribution in [0.4, 0.5) is 0 Å². The van der Waals surface area contributed by atoms with Crippen LogP contribution in [0.2, 0.25) is 5.02 Å². The zero-order valence-corrected chi connectivity index (χ0v) is 19.2. The van der Waals surface area contributed by atoms with Crippen molar-refractivity contribution in [2.75, 3.05) is 32.8 Å². The molecule has 3 rings (SSSR count). The molecule has 2 amide bonds. The van der Waals surface area contributed by atoms with Crippen molar-refractivity contribution in [1.82, 2.24) is 15.7 Å². The molecule has 7 nitrogen and oxygen atoms in total. The van der Waals surface area contributed by atoms with Gasteiger partial charge in [-0.2, -0.15) is 0 Å². The molecule has 2 aromatic carbocycles. The van der Waals surface area contributed by atoms with E-state index in [4.69, 9.17) is 21.5 Å². The van der Waals surface area contributed by atoms with Crippen molar-refractivity contribution in [3.05, 3.63) is 70.7 Å². The van der Waals surface area contributed by atoms with Gasteiger partial charge < -0.3 is 15.0 Å². The molecular formula is C24H32ClN3O4. The van der Waals surface area contributed by atoms with Crippen molar-refractivity contribution in [2.45, 2.75) is 32.3 Å². The molecule has 1 unspecified atom stereocenters. The summed E-state index contributed by atoms with van der Waals surface area (Å²) < 4.78 is 5.46. The van der Waals surface area contributed by atoms with Crippen LogP contribution >= 0.6 is 11.6 Å². The van der Waals surface area contributed by atoms with Gasteiger partial charge >= 0.3 is 0 Å². The topological polar surface area (TPSA) is 90.9 Å². The Labute approximate surface area is 194 Å². The van der Waals surface area contributed by atoms with E-state index in [1.165, 1.54) is 0 Å². The molecule has 174 valence electrons. The van der Waals surface area contributed by atoms with Gasteiger partial charge in [0.2, 0.25) is 5.91 Å². The summed E-state index contributed by atoms with van der Waals surface area (Å²) in [6.45, 7) is 5.86. The number of ether oxygens (including phenoxy) is 1. The molecule has 1 aliphatic rings. The van der Waals surface area contributed by atoms with Crippen LogP contribution in [0.1, 0.15) is 35.7 Å². The van der Waals surface area contributed by atoms with Crippen LogP contribution in [0.25, 0.3) is 0 Å². The number of carbonyl (C=O) groups is 2. The fraction of sp³-hybridized carbons (Fsp3) is 0.417. The lowest BCUT2D eigenvalue weighted by Gasteiger charge is -2.27. The predicted molar refractivity (Wildman–Crippen MR) is 125 cm³/mol. The molecule has 1 heterocycles. The maximum Gasteiger partial charge on any atom is 0.253 e. The highest BCUT2D eigenvalue weighted by atomic mass is 35.5. The van der Waals surface area contributed by atoms with E-state index in [0.717, 1.165) is 50.1 Å². The molecule has 0 radical (unpaired) electrons. The Hall–Kier alpha value is -2.45. The Balaban J connectivity index is 0.000000233. The predicted octanol–water partition coefficient (Wildman–Crippen LogP) is 3.31. The number of rotatable bonds is 8. The van der Waals surface area contributed by atoms with Crippen LogP contribution in [0, 0.1) is 0 Å². The van der Waals surface area contributed by atoms with E-state index in [1.54, 1.807) is 5.48 Å².